The second kappa shape index (κ2) is 2.55. The van der Waals surface area contributed by atoms with Crippen molar-refractivity contribution >= 4 is 11.3 Å². The maximum atomic E-state index is 9.35. The molecule has 68 valence electrons. The number of thiophene rings is 1. The van der Waals surface area contributed by atoms with Crippen LogP contribution in [0.1, 0.15) is 25.6 Å². The van der Waals surface area contributed by atoms with Gasteiger partial charge in [0.25, 0.3) is 0 Å². The minimum Gasteiger partial charge on any atom is -0.503 e. The molecule has 0 aliphatic carbocycles. The van der Waals surface area contributed by atoms with Gasteiger partial charge in [-0.15, -0.1) is 0 Å². The second-order valence-electron chi connectivity index (χ2n) is 3.68. The highest BCUT2D eigenvalue weighted by Crippen LogP contribution is 2.49. The summed E-state index contributed by atoms with van der Waals surface area (Å²) in [6.07, 6.45) is 0. The van der Waals surface area contributed by atoms with Gasteiger partial charge in [-0.05, 0) is 0 Å². The van der Waals surface area contributed by atoms with Crippen LogP contribution in [0.5, 0.6) is 16.6 Å². The van der Waals surface area contributed by atoms with Gasteiger partial charge in [0, 0.05) is 5.41 Å². The molecule has 0 aliphatic rings. The zero-order valence-corrected chi connectivity index (χ0v) is 8.07. The maximum Gasteiger partial charge on any atom is 0.218 e. The van der Waals surface area contributed by atoms with E-state index in [4.69, 9.17) is 10.2 Å². The molecule has 0 spiro atoms. The Kier molecular flexibility index (Phi) is 1.96. The van der Waals surface area contributed by atoms with Crippen LogP contribution >= 0.6 is 11.3 Å². The minimum atomic E-state index is -0.412. The van der Waals surface area contributed by atoms with E-state index in [2.05, 4.69) is 0 Å². The maximum absolute atomic E-state index is 9.35. The fourth-order valence-corrected chi connectivity index (χ4v) is 1.80. The molecular formula is C8H12O3S. The molecule has 0 aliphatic heterocycles. The third kappa shape index (κ3) is 1.34. The molecule has 1 rings (SSSR count). The largest absolute Gasteiger partial charge is 0.503 e. The summed E-state index contributed by atoms with van der Waals surface area (Å²) < 4.78 is 0. The van der Waals surface area contributed by atoms with Crippen LogP contribution in [0.2, 0.25) is 0 Å². The molecule has 1 aromatic heterocycles. The third-order valence-corrected chi connectivity index (χ3v) is 2.92. The molecule has 0 bridgehead atoms. The molecule has 12 heavy (non-hydrogen) atoms. The van der Waals surface area contributed by atoms with Gasteiger partial charge in [-0.2, -0.15) is 0 Å². The molecule has 3 N–H and O–H groups in total. The fraction of sp³-hybridized carbons (Fsp3) is 0.500. The van der Waals surface area contributed by atoms with E-state index in [1.54, 1.807) is 0 Å². The smallest absolute Gasteiger partial charge is 0.218 e. The fourth-order valence-electron chi connectivity index (χ4n) is 0.910. The van der Waals surface area contributed by atoms with Gasteiger partial charge in [-0.25, -0.2) is 0 Å². The molecule has 3 nitrogen and oxygen atoms in total. The van der Waals surface area contributed by atoms with E-state index in [0.717, 1.165) is 11.3 Å². The highest BCUT2D eigenvalue weighted by molar-refractivity contribution is 7.14. The summed E-state index contributed by atoms with van der Waals surface area (Å²) in [5.41, 5.74) is -0.257. The van der Waals surface area contributed by atoms with E-state index in [-0.39, 0.29) is 16.2 Å². The van der Waals surface area contributed by atoms with Crippen LogP contribution in [-0.2, 0) is 5.41 Å². The lowest BCUT2D eigenvalue weighted by Gasteiger charge is -2.15. The Labute approximate surface area is 74.9 Å². The zero-order chi connectivity index (χ0) is 9.52. The van der Waals surface area contributed by atoms with E-state index in [9.17, 15) is 5.11 Å². The standard InChI is InChI=1S/C8H12O3S/c1-8(2,3)6-4(9)5(10)7(11)12-6/h9-11H,1-3H3. The van der Waals surface area contributed by atoms with Gasteiger partial charge in [-0.1, -0.05) is 32.1 Å². The van der Waals surface area contributed by atoms with Gasteiger partial charge in [0.15, 0.2) is 5.75 Å². The van der Waals surface area contributed by atoms with Crippen LogP contribution in [0.15, 0.2) is 0 Å². The summed E-state index contributed by atoms with van der Waals surface area (Å²) in [7, 11) is 0. The summed E-state index contributed by atoms with van der Waals surface area (Å²) in [4.78, 5) is 0.595. The van der Waals surface area contributed by atoms with Crippen molar-refractivity contribution in [1.82, 2.24) is 0 Å². The Morgan fingerprint density at radius 2 is 1.50 bits per heavy atom. The molecule has 0 saturated heterocycles. The molecule has 0 unspecified atom stereocenters. The molecule has 0 radical (unpaired) electrons. The van der Waals surface area contributed by atoms with Crippen LogP contribution in [0.3, 0.4) is 0 Å². The first-order chi connectivity index (χ1) is 5.34. The van der Waals surface area contributed by atoms with Crippen LogP contribution < -0.4 is 0 Å². The molecule has 0 saturated carbocycles. The zero-order valence-electron chi connectivity index (χ0n) is 7.25. The molecule has 0 amide bonds. The van der Waals surface area contributed by atoms with Crippen molar-refractivity contribution < 1.29 is 15.3 Å². The lowest BCUT2D eigenvalue weighted by atomic mass is 9.94. The second-order valence-corrected chi connectivity index (χ2v) is 4.68. The topological polar surface area (TPSA) is 60.7 Å². The average molecular weight is 188 g/mol. The van der Waals surface area contributed by atoms with Gasteiger partial charge >= 0.3 is 0 Å². The first kappa shape index (κ1) is 9.19. The lowest BCUT2D eigenvalue weighted by molar-refractivity contribution is 0.372. The van der Waals surface area contributed by atoms with Crippen molar-refractivity contribution in [3.05, 3.63) is 4.88 Å². The summed E-state index contributed by atoms with van der Waals surface area (Å²) in [5, 5.41) is 27.3. The Balaban J connectivity index is 3.28. The van der Waals surface area contributed by atoms with Gasteiger partial charge in [0.05, 0.1) is 4.88 Å². The quantitative estimate of drug-likeness (QED) is 0.584. The van der Waals surface area contributed by atoms with E-state index < -0.39 is 5.75 Å². The van der Waals surface area contributed by atoms with Crippen molar-refractivity contribution in [1.29, 1.82) is 0 Å². The Morgan fingerprint density at radius 3 is 1.67 bits per heavy atom. The van der Waals surface area contributed by atoms with Crippen molar-refractivity contribution in [2.24, 2.45) is 0 Å². The Morgan fingerprint density at radius 1 is 1.00 bits per heavy atom. The summed E-state index contributed by atoms with van der Waals surface area (Å²) in [6, 6.07) is 0. The molecule has 0 atom stereocenters. The van der Waals surface area contributed by atoms with E-state index in [1.807, 2.05) is 20.8 Å². The normalized spacial score (nSPS) is 11.9. The lowest BCUT2D eigenvalue weighted by Crippen LogP contribution is -2.08. The highest BCUT2D eigenvalue weighted by atomic mass is 32.1. The van der Waals surface area contributed by atoms with Gasteiger partial charge < -0.3 is 15.3 Å². The first-order valence-corrected chi connectivity index (χ1v) is 4.40. The van der Waals surface area contributed by atoms with Crippen molar-refractivity contribution in [3.8, 4) is 16.6 Å². The van der Waals surface area contributed by atoms with Crippen molar-refractivity contribution in [2.75, 3.05) is 0 Å². The molecular weight excluding hydrogens is 176 g/mol. The summed E-state index contributed by atoms with van der Waals surface area (Å²) in [5.74, 6) is -0.616. The molecule has 0 aromatic carbocycles. The molecule has 1 heterocycles. The SMILES string of the molecule is CC(C)(C)c1sc(O)c(O)c1O. The van der Waals surface area contributed by atoms with Crippen molar-refractivity contribution in [2.45, 2.75) is 26.2 Å². The molecule has 4 heteroatoms. The van der Waals surface area contributed by atoms with Crippen LogP contribution in [0, 0.1) is 0 Å². The van der Waals surface area contributed by atoms with Crippen molar-refractivity contribution in [3.63, 3.8) is 0 Å². The van der Waals surface area contributed by atoms with E-state index >= 15 is 0 Å². The van der Waals surface area contributed by atoms with Crippen LogP contribution in [0.25, 0.3) is 0 Å². The van der Waals surface area contributed by atoms with Gasteiger partial charge in [0.1, 0.15) is 0 Å². The molecule has 1 aromatic rings. The average Bonchev–Trinajstić information content (AvgIpc) is 2.15. The van der Waals surface area contributed by atoms with Gasteiger partial charge in [0.2, 0.25) is 10.8 Å². The predicted octanol–water partition coefficient (Wildman–Crippen LogP) is 2.16. The summed E-state index contributed by atoms with van der Waals surface area (Å²) in [6.45, 7) is 5.70. The van der Waals surface area contributed by atoms with E-state index in [1.165, 1.54) is 0 Å². The minimum absolute atomic E-state index is 0.204. The first-order valence-electron chi connectivity index (χ1n) is 3.58. The van der Waals surface area contributed by atoms with Crippen LogP contribution in [0.4, 0.5) is 0 Å². The van der Waals surface area contributed by atoms with Crippen LogP contribution in [-0.4, -0.2) is 15.3 Å². The van der Waals surface area contributed by atoms with Gasteiger partial charge in [-0.3, -0.25) is 0 Å². The number of rotatable bonds is 0. The van der Waals surface area contributed by atoms with E-state index in [0.29, 0.717) is 4.88 Å². The number of hydrogen-bond donors (Lipinski definition) is 3. The summed E-state index contributed by atoms with van der Waals surface area (Å²) >= 11 is 1.00. The predicted molar refractivity (Wildman–Crippen MR) is 48.0 cm³/mol. The molecule has 0 fully saturated rings. The Hall–Kier alpha value is -0.900. The monoisotopic (exact) mass is 188 g/mol. The number of aromatic hydroxyl groups is 3. The third-order valence-electron chi connectivity index (χ3n) is 1.52. The Bertz CT molecular complexity index is 296. The number of hydrogen-bond acceptors (Lipinski definition) is 4. The highest BCUT2D eigenvalue weighted by Gasteiger charge is 2.25.